The highest BCUT2D eigenvalue weighted by Gasteiger charge is 2.31. The van der Waals surface area contributed by atoms with Gasteiger partial charge in [-0.1, -0.05) is 23.7 Å². The maximum atomic E-state index is 12.1. The van der Waals surface area contributed by atoms with Crippen LogP contribution in [0.2, 0.25) is 4.34 Å². The fraction of sp³-hybridized carbons (Fsp3) is 0.231. The van der Waals surface area contributed by atoms with Crippen LogP contribution in [-0.2, 0) is 0 Å². The molecule has 1 unspecified atom stereocenters. The van der Waals surface area contributed by atoms with E-state index < -0.39 is 6.36 Å². The van der Waals surface area contributed by atoms with E-state index in [0.717, 1.165) is 10.4 Å². The Balaban J connectivity index is 2.19. The second-order valence-electron chi connectivity index (χ2n) is 3.98. The summed E-state index contributed by atoms with van der Waals surface area (Å²) in [5.74, 6) is -0.236. The standard InChI is InChI=1S/C13H11ClF3NOS/c1-18-12(10-6-7-11(14)20-10)8-2-4-9(5-3-8)19-13(15,16)17/h2-7,12,18H,1H3. The summed E-state index contributed by atoms with van der Waals surface area (Å²) in [5, 5.41) is 3.10. The minimum absolute atomic E-state index is 0.118. The SMILES string of the molecule is CNC(c1ccc(OC(F)(F)F)cc1)c1ccc(Cl)s1. The van der Waals surface area contributed by atoms with Gasteiger partial charge in [0.15, 0.2) is 0 Å². The van der Waals surface area contributed by atoms with Gasteiger partial charge in [0.05, 0.1) is 10.4 Å². The molecular formula is C13H11ClF3NOS. The molecule has 0 saturated heterocycles. The molecule has 0 radical (unpaired) electrons. The Bertz CT molecular complexity index is 568. The molecular weight excluding hydrogens is 311 g/mol. The fourth-order valence-electron chi connectivity index (χ4n) is 1.82. The van der Waals surface area contributed by atoms with E-state index in [4.69, 9.17) is 11.6 Å². The summed E-state index contributed by atoms with van der Waals surface area (Å²) >= 11 is 7.31. The molecule has 1 atom stereocenters. The second kappa shape index (κ2) is 6.03. The van der Waals surface area contributed by atoms with Crippen LogP contribution in [0.3, 0.4) is 0 Å². The van der Waals surface area contributed by atoms with Crippen LogP contribution < -0.4 is 10.1 Å². The molecule has 108 valence electrons. The molecule has 0 aliphatic carbocycles. The van der Waals surface area contributed by atoms with Gasteiger partial charge in [-0.15, -0.1) is 24.5 Å². The van der Waals surface area contributed by atoms with Crippen molar-refractivity contribution in [2.24, 2.45) is 0 Å². The van der Waals surface area contributed by atoms with Crippen LogP contribution in [0.25, 0.3) is 0 Å². The first-order valence-corrected chi connectivity index (χ1v) is 6.86. The second-order valence-corrected chi connectivity index (χ2v) is 5.73. The lowest BCUT2D eigenvalue weighted by atomic mass is 10.1. The van der Waals surface area contributed by atoms with E-state index in [9.17, 15) is 13.2 Å². The van der Waals surface area contributed by atoms with Gasteiger partial charge in [-0.25, -0.2) is 0 Å². The van der Waals surface area contributed by atoms with Crippen LogP contribution in [0.5, 0.6) is 5.75 Å². The Kier molecular flexibility index (Phi) is 4.57. The minimum Gasteiger partial charge on any atom is -0.406 e. The third-order valence-electron chi connectivity index (χ3n) is 2.61. The molecule has 2 nitrogen and oxygen atoms in total. The number of hydrogen-bond acceptors (Lipinski definition) is 3. The van der Waals surface area contributed by atoms with Crippen molar-refractivity contribution < 1.29 is 17.9 Å². The van der Waals surface area contributed by atoms with Crippen LogP contribution in [-0.4, -0.2) is 13.4 Å². The highest BCUT2D eigenvalue weighted by atomic mass is 35.5. The predicted molar refractivity (Wildman–Crippen MR) is 73.4 cm³/mol. The topological polar surface area (TPSA) is 21.3 Å². The normalized spacial score (nSPS) is 13.2. The van der Waals surface area contributed by atoms with Gasteiger partial charge in [0, 0.05) is 4.88 Å². The molecule has 0 amide bonds. The molecule has 2 aromatic rings. The van der Waals surface area contributed by atoms with Crippen LogP contribution >= 0.6 is 22.9 Å². The lowest BCUT2D eigenvalue weighted by Crippen LogP contribution is -2.18. The smallest absolute Gasteiger partial charge is 0.406 e. The van der Waals surface area contributed by atoms with Crippen molar-refractivity contribution >= 4 is 22.9 Å². The number of hydrogen-bond donors (Lipinski definition) is 1. The van der Waals surface area contributed by atoms with Gasteiger partial charge in [0.1, 0.15) is 5.75 Å². The third-order valence-corrected chi connectivity index (χ3v) is 3.91. The predicted octanol–water partition coefficient (Wildman–Crippen LogP) is 4.61. The molecule has 7 heteroatoms. The number of benzene rings is 1. The highest BCUT2D eigenvalue weighted by Crippen LogP contribution is 2.32. The van der Waals surface area contributed by atoms with Gasteiger partial charge in [-0.2, -0.15) is 0 Å². The molecule has 1 aromatic carbocycles. The molecule has 0 aliphatic heterocycles. The molecule has 0 spiro atoms. The summed E-state index contributed by atoms with van der Waals surface area (Å²) < 4.78 is 40.8. The maximum absolute atomic E-state index is 12.1. The lowest BCUT2D eigenvalue weighted by Gasteiger charge is -2.16. The Labute approximate surface area is 123 Å². The van der Waals surface area contributed by atoms with Gasteiger partial charge in [-0.3, -0.25) is 0 Å². The van der Waals surface area contributed by atoms with Gasteiger partial charge in [0.2, 0.25) is 0 Å². The van der Waals surface area contributed by atoms with Crippen molar-refractivity contribution in [2.75, 3.05) is 7.05 Å². The summed E-state index contributed by atoms with van der Waals surface area (Å²) in [7, 11) is 1.78. The third kappa shape index (κ3) is 3.88. The molecule has 0 fully saturated rings. The Morgan fingerprint density at radius 3 is 2.25 bits per heavy atom. The summed E-state index contributed by atoms with van der Waals surface area (Å²) in [6, 6.07) is 9.32. The van der Waals surface area contributed by atoms with Gasteiger partial charge < -0.3 is 10.1 Å². The van der Waals surface area contributed by atoms with Crippen molar-refractivity contribution in [1.29, 1.82) is 0 Å². The van der Waals surface area contributed by atoms with Crippen molar-refractivity contribution in [2.45, 2.75) is 12.4 Å². The number of halogens is 4. The van der Waals surface area contributed by atoms with E-state index in [2.05, 4.69) is 10.1 Å². The minimum atomic E-state index is -4.68. The van der Waals surface area contributed by atoms with Crippen molar-refractivity contribution in [3.05, 3.63) is 51.2 Å². The Morgan fingerprint density at radius 2 is 1.80 bits per heavy atom. The molecule has 0 aliphatic rings. The summed E-state index contributed by atoms with van der Waals surface area (Å²) in [4.78, 5) is 0.988. The van der Waals surface area contributed by atoms with E-state index >= 15 is 0 Å². The first-order chi connectivity index (χ1) is 9.39. The fourth-order valence-corrected chi connectivity index (χ4v) is 3.02. The zero-order chi connectivity index (χ0) is 14.8. The number of ether oxygens (including phenoxy) is 1. The van der Waals surface area contributed by atoms with E-state index in [1.807, 2.05) is 6.07 Å². The van der Waals surface area contributed by atoms with Crippen LogP contribution in [0.1, 0.15) is 16.5 Å². The zero-order valence-corrected chi connectivity index (χ0v) is 11.9. The maximum Gasteiger partial charge on any atom is 0.573 e. The highest BCUT2D eigenvalue weighted by molar-refractivity contribution is 7.16. The number of rotatable bonds is 4. The van der Waals surface area contributed by atoms with E-state index in [1.54, 1.807) is 25.2 Å². The van der Waals surface area contributed by atoms with E-state index in [1.165, 1.54) is 23.5 Å². The lowest BCUT2D eigenvalue weighted by molar-refractivity contribution is -0.274. The quantitative estimate of drug-likeness (QED) is 0.888. The first-order valence-electron chi connectivity index (χ1n) is 5.67. The molecule has 1 aromatic heterocycles. The Morgan fingerprint density at radius 1 is 1.15 bits per heavy atom. The van der Waals surface area contributed by atoms with Crippen molar-refractivity contribution in [1.82, 2.24) is 5.32 Å². The van der Waals surface area contributed by atoms with Crippen LogP contribution in [0, 0.1) is 0 Å². The molecule has 20 heavy (non-hydrogen) atoms. The van der Waals surface area contributed by atoms with Gasteiger partial charge in [-0.05, 0) is 36.9 Å². The molecule has 1 N–H and O–H groups in total. The molecule has 0 bridgehead atoms. The van der Waals surface area contributed by atoms with E-state index in [0.29, 0.717) is 4.34 Å². The van der Waals surface area contributed by atoms with Crippen molar-refractivity contribution in [3.63, 3.8) is 0 Å². The van der Waals surface area contributed by atoms with E-state index in [-0.39, 0.29) is 11.8 Å². The number of thiophene rings is 1. The number of nitrogens with one attached hydrogen (secondary N) is 1. The average Bonchev–Trinajstić information content (AvgIpc) is 2.77. The number of alkyl halides is 3. The van der Waals surface area contributed by atoms with Gasteiger partial charge in [0.25, 0.3) is 0 Å². The van der Waals surface area contributed by atoms with Crippen LogP contribution in [0.15, 0.2) is 36.4 Å². The summed E-state index contributed by atoms with van der Waals surface area (Å²) in [6.45, 7) is 0. The molecule has 0 saturated carbocycles. The monoisotopic (exact) mass is 321 g/mol. The average molecular weight is 322 g/mol. The first kappa shape index (κ1) is 15.2. The molecule has 2 rings (SSSR count). The van der Waals surface area contributed by atoms with Crippen molar-refractivity contribution in [3.8, 4) is 5.75 Å². The zero-order valence-electron chi connectivity index (χ0n) is 10.4. The molecule has 1 heterocycles. The van der Waals surface area contributed by atoms with Crippen LogP contribution in [0.4, 0.5) is 13.2 Å². The largest absolute Gasteiger partial charge is 0.573 e. The summed E-state index contributed by atoms with van der Waals surface area (Å²) in [5.41, 5.74) is 0.834. The Hall–Kier alpha value is -1.24. The summed E-state index contributed by atoms with van der Waals surface area (Å²) in [6.07, 6.45) is -4.68. The van der Waals surface area contributed by atoms with Gasteiger partial charge >= 0.3 is 6.36 Å².